The molecule has 0 saturated heterocycles. The molecule has 1 atom stereocenters. The van der Waals surface area contributed by atoms with Crippen molar-refractivity contribution in [1.82, 2.24) is 0 Å². The Morgan fingerprint density at radius 3 is 2.26 bits per heavy atom. The van der Waals surface area contributed by atoms with E-state index in [-0.39, 0.29) is 5.91 Å². The van der Waals surface area contributed by atoms with Gasteiger partial charge in [-0.25, -0.2) is 0 Å². The maximum atomic E-state index is 13.6. The minimum atomic E-state index is -0.814. The first kappa shape index (κ1) is 18.0. The maximum absolute atomic E-state index is 13.6. The Morgan fingerprint density at radius 2 is 1.56 bits per heavy atom. The number of hydrogen-bond acceptors (Lipinski definition) is 1. The summed E-state index contributed by atoms with van der Waals surface area (Å²) < 4.78 is 1.06. The molecule has 0 aliphatic carbocycles. The zero-order valence-corrected chi connectivity index (χ0v) is 17.5. The molecule has 0 aromatic heterocycles. The zero-order valence-electron chi connectivity index (χ0n) is 15.3. The second-order valence-electron chi connectivity index (χ2n) is 6.91. The molecule has 2 nitrogen and oxygen atoms in total. The lowest BCUT2D eigenvalue weighted by molar-refractivity contribution is -0.120. The average molecular weight is 465 g/mol. The van der Waals surface area contributed by atoms with Crippen molar-refractivity contribution in [2.75, 3.05) is 11.9 Å². The number of carbonyl (C=O) groups is 1. The van der Waals surface area contributed by atoms with Crippen LogP contribution in [0.2, 0.25) is 0 Å². The van der Waals surface area contributed by atoms with Gasteiger partial charge in [-0.3, -0.25) is 4.79 Å². The van der Waals surface area contributed by atoms with E-state index in [1.807, 2.05) is 43.4 Å². The second-order valence-corrected chi connectivity index (χ2v) is 8.08. The van der Waals surface area contributed by atoms with Crippen molar-refractivity contribution in [2.24, 2.45) is 0 Å². The minimum absolute atomic E-state index is 0.0812. The molecule has 3 heteroatoms. The fourth-order valence-electron chi connectivity index (χ4n) is 3.78. The van der Waals surface area contributed by atoms with Crippen LogP contribution in [0.4, 0.5) is 5.69 Å². The highest BCUT2D eigenvalue weighted by Crippen LogP contribution is 2.48. The second kappa shape index (κ2) is 6.97. The number of rotatable bonds is 3. The first-order valence-corrected chi connectivity index (χ1v) is 10.0. The largest absolute Gasteiger partial charge is 0.314 e. The van der Waals surface area contributed by atoms with Gasteiger partial charge in [0, 0.05) is 16.3 Å². The molecule has 0 fully saturated rings. The van der Waals surface area contributed by atoms with Crippen molar-refractivity contribution in [1.29, 1.82) is 0 Å². The van der Waals surface area contributed by atoms with Gasteiger partial charge in [-0.2, -0.15) is 0 Å². The molecule has 0 unspecified atom stereocenters. The van der Waals surface area contributed by atoms with Gasteiger partial charge in [0.15, 0.2) is 0 Å². The van der Waals surface area contributed by atoms with Crippen LogP contribution in [0.1, 0.15) is 22.3 Å². The molecule has 0 saturated carbocycles. The van der Waals surface area contributed by atoms with Crippen molar-refractivity contribution in [2.45, 2.75) is 12.3 Å². The summed E-state index contributed by atoms with van der Waals surface area (Å²) in [5.74, 6) is 0.0812. The molecular formula is C24H20INO. The highest BCUT2D eigenvalue weighted by molar-refractivity contribution is 14.1. The maximum Gasteiger partial charge on any atom is 0.245 e. The molecular weight excluding hydrogens is 445 g/mol. The third-order valence-electron chi connectivity index (χ3n) is 5.23. The zero-order chi connectivity index (χ0) is 19.0. The molecule has 0 N–H and O–H groups in total. The first-order chi connectivity index (χ1) is 13.0. The predicted octanol–water partition coefficient (Wildman–Crippen LogP) is 5.73. The van der Waals surface area contributed by atoms with Crippen LogP contribution in [-0.2, 0) is 10.2 Å². The number of hydrogen-bond donors (Lipinski definition) is 0. The molecule has 4 rings (SSSR count). The minimum Gasteiger partial charge on any atom is -0.314 e. The summed E-state index contributed by atoms with van der Waals surface area (Å²) in [6, 6.07) is 26.6. The summed E-state index contributed by atoms with van der Waals surface area (Å²) in [4.78, 5) is 15.4. The number of fused-ring (bicyclic) bond motifs is 1. The lowest BCUT2D eigenvalue weighted by Gasteiger charge is -2.26. The van der Waals surface area contributed by atoms with Gasteiger partial charge < -0.3 is 4.90 Å². The van der Waals surface area contributed by atoms with Gasteiger partial charge in [0.1, 0.15) is 5.41 Å². The molecule has 1 heterocycles. The average Bonchev–Trinajstić information content (AvgIpc) is 2.92. The summed E-state index contributed by atoms with van der Waals surface area (Å²) in [5, 5.41) is 0. The Bertz CT molecular complexity index is 1020. The van der Waals surface area contributed by atoms with E-state index < -0.39 is 5.41 Å². The van der Waals surface area contributed by atoms with Gasteiger partial charge in [0.2, 0.25) is 5.91 Å². The number of likely N-dealkylation sites (N-methyl/N-ethyl adjacent to an activating group) is 1. The van der Waals surface area contributed by atoms with Crippen LogP contribution in [0, 0.1) is 6.92 Å². The topological polar surface area (TPSA) is 20.3 Å². The fourth-order valence-corrected chi connectivity index (χ4v) is 4.60. The van der Waals surface area contributed by atoms with Crippen LogP contribution in [-0.4, -0.2) is 13.0 Å². The Labute approximate surface area is 173 Å². The predicted molar refractivity (Wildman–Crippen MR) is 120 cm³/mol. The van der Waals surface area contributed by atoms with Crippen LogP contribution in [0.25, 0.3) is 3.58 Å². The number of para-hydroxylation sites is 1. The quantitative estimate of drug-likeness (QED) is 0.453. The third kappa shape index (κ3) is 2.90. The monoisotopic (exact) mass is 465 g/mol. The molecule has 1 aliphatic heterocycles. The lowest BCUT2D eigenvalue weighted by Crippen LogP contribution is -2.38. The molecule has 1 amide bonds. The lowest BCUT2D eigenvalue weighted by atomic mass is 9.74. The number of amides is 1. The molecule has 0 radical (unpaired) electrons. The SMILES string of the molecule is Cc1ccc([C@]2(/C=C(/I)c3ccccc3)C(=O)N(C)c3ccccc32)cc1. The van der Waals surface area contributed by atoms with Crippen molar-refractivity contribution >= 4 is 37.8 Å². The Morgan fingerprint density at radius 1 is 0.926 bits per heavy atom. The highest BCUT2D eigenvalue weighted by atomic mass is 127. The third-order valence-corrected chi connectivity index (χ3v) is 6.17. The highest BCUT2D eigenvalue weighted by Gasteiger charge is 2.49. The Hall–Kier alpha value is -2.40. The van der Waals surface area contributed by atoms with E-state index in [1.54, 1.807) is 4.90 Å². The molecule has 27 heavy (non-hydrogen) atoms. The normalized spacial score (nSPS) is 19.3. The van der Waals surface area contributed by atoms with E-state index in [0.717, 1.165) is 26.0 Å². The first-order valence-electron chi connectivity index (χ1n) is 8.92. The van der Waals surface area contributed by atoms with Gasteiger partial charge in [-0.1, -0.05) is 78.4 Å². The fraction of sp³-hybridized carbons (Fsp3) is 0.125. The van der Waals surface area contributed by atoms with Crippen LogP contribution in [0.3, 0.4) is 0 Å². The van der Waals surface area contributed by atoms with Crippen molar-refractivity contribution < 1.29 is 4.79 Å². The number of anilines is 1. The van der Waals surface area contributed by atoms with Crippen molar-refractivity contribution in [3.05, 3.63) is 107 Å². The molecule has 3 aromatic carbocycles. The molecule has 3 aromatic rings. The van der Waals surface area contributed by atoms with Gasteiger partial charge in [-0.15, -0.1) is 0 Å². The van der Waals surface area contributed by atoms with Crippen LogP contribution >= 0.6 is 22.6 Å². The standard InChI is InChI=1S/C24H20INO/c1-17-12-14-19(15-13-17)24(16-21(25)18-8-4-3-5-9-18)20-10-6-7-11-22(20)26(2)23(24)27/h3-16H,1-2H3/b21-16+/t24-/m0/s1. The van der Waals surface area contributed by atoms with E-state index in [0.29, 0.717) is 0 Å². The smallest absolute Gasteiger partial charge is 0.245 e. The Kier molecular flexibility index (Phi) is 4.64. The van der Waals surface area contributed by atoms with E-state index >= 15 is 0 Å². The molecule has 134 valence electrons. The van der Waals surface area contributed by atoms with Gasteiger partial charge in [-0.05, 0) is 58.3 Å². The summed E-state index contributed by atoms with van der Waals surface area (Å²) in [6.07, 6.45) is 2.12. The number of carbonyl (C=O) groups excluding carboxylic acids is 1. The van der Waals surface area contributed by atoms with Gasteiger partial charge in [0.05, 0.1) is 0 Å². The van der Waals surface area contributed by atoms with Crippen LogP contribution in [0.15, 0.2) is 84.9 Å². The summed E-state index contributed by atoms with van der Waals surface area (Å²) >= 11 is 2.35. The molecule has 1 aliphatic rings. The summed E-state index contributed by atoms with van der Waals surface area (Å²) in [7, 11) is 1.86. The van der Waals surface area contributed by atoms with E-state index in [4.69, 9.17) is 0 Å². The molecule has 0 bridgehead atoms. The van der Waals surface area contributed by atoms with E-state index in [2.05, 4.69) is 78.1 Å². The Balaban J connectivity index is 2.00. The number of halogens is 1. The molecule has 0 spiro atoms. The number of nitrogens with zero attached hydrogens (tertiary/aromatic N) is 1. The van der Waals surface area contributed by atoms with Crippen molar-refractivity contribution in [3.8, 4) is 0 Å². The van der Waals surface area contributed by atoms with Gasteiger partial charge in [0.25, 0.3) is 0 Å². The summed E-state index contributed by atoms with van der Waals surface area (Å²) in [5.41, 5.74) is 4.49. The number of benzene rings is 3. The summed E-state index contributed by atoms with van der Waals surface area (Å²) in [6.45, 7) is 2.07. The van der Waals surface area contributed by atoms with E-state index in [9.17, 15) is 4.79 Å². The van der Waals surface area contributed by atoms with E-state index in [1.165, 1.54) is 5.56 Å². The van der Waals surface area contributed by atoms with Crippen LogP contribution in [0.5, 0.6) is 0 Å². The van der Waals surface area contributed by atoms with Crippen molar-refractivity contribution in [3.63, 3.8) is 0 Å². The number of aryl methyl sites for hydroxylation is 1. The van der Waals surface area contributed by atoms with Crippen LogP contribution < -0.4 is 4.90 Å². The van der Waals surface area contributed by atoms with Gasteiger partial charge >= 0.3 is 0 Å².